The molecule has 0 bridgehead atoms. The quantitative estimate of drug-likeness (QED) is 0.0146. The van der Waals surface area contributed by atoms with E-state index in [1.807, 2.05) is 0 Å². The SMILES string of the molecule is CC/C=C\C/C=C\C/C=C\C/C=C\C/C=C\C/C=C\CCCCCCCCCCCCCCC(=O)OCC(O)COP(=O)(O)OCC(O)COP(=O)(O)OCC(COC(=O)CCCCCCCCCCCCCCCCC/C=C\C/C=C\C/C=C\C/C=C\C/C=C\CC)OC(=O)CCCCCCCCCCC/C=C\C/C=C\C/C=C\C/C=C\CCCCC. The zero-order valence-electron chi connectivity index (χ0n) is 77.8. The molecule has 0 aliphatic carbocycles. The van der Waals surface area contributed by atoms with Crippen LogP contribution in [0.15, 0.2) is 182 Å². The molecule has 123 heavy (non-hydrogen) atoms. The molecule has 0 fully saturated rings. The fourth-order valence-electron chi connectivity index (χ4n) is 13.2. The van der Waals surface area contributed by atoms with Gasteiger partial charge in [0.05, 0.1) is 26.4 Å². The van der Waals surface area contributed by atoms with Crippen LogP contribution < -0.4 is 0 Å². The number of rotatable bonds is 92. The molecule has 0 amide bonds. The Labute approximate surface area is 751 Å². The Kier molecular flexibility index (Phi) is 91.6. The Hall–Kier alpha value is -5.35. The van der Waals surface area contributed by atoms with Crippen molar-refractivity contribution in [2.45, 2.75) is 424 Å². The zero-order valence-corrected chi connectivity index (χ0v) is 79.6. The third-order valence-electron chi connectivity index (χ3n) is 20.6. The number of aliphatic hydroxyl groups excluding tert-OH is 2. The summed E-state index contributed by atoms with van der Waals surface area (Å²) in [4.78, 5) is 59.2. The Bertz CT molecular complexity index is 2970. The Balaban J connectivity index is 4.63. The summed E-state index contributed by atoms with van der Waals surface area (Å²) in [6.45, 7) is 2.47. The predicted octanol–water partition coefficient (Wildman–Crippen LogP) is 30.8. The van der Waals surface area contributed by atoms with E-state index in [0.717, 1.165) is 167 Å². The van der Waals surface area contributed by atoms with Gasteiger partial charge in [-0.15, -0.1) is 0 Å². The summed E-state index contributed by atoms with van der Waals surface area (Å²) in [5.74, 6) is -1.57. The summed E-state index contributed by atoms with van der Waals surface area (Å²) in [6.07, 6.45) is 126. The van der Waals surface area contributed by atoms with E-state index in [1.165, 1.54) is 180 Å². The molecule has 0 saturated carbocycles. The summed E-state index contributed by atoms with van der Waals surface area (Å²) in [6, 6.07) is 0. The maximum Gasteiger partial charge on any atom is 0.472 e. The molecule has 0 spiro atoms. The Morgan fingerprint density at radius 2 is 0.431 bits per heavy atom. The highest BCUT2D eigenvalue weighted by molar-refractivity contribution is 7.47. The number of ether oxygens (including phenoxy) is 3. The molecule has 704 valence electrons. The second-order valence-electron chi connectivity index (χ2n) is 32.5. The zero-order chi connectivity index (χ0) is 89.3. The van der Waals surface area contributed by atoms with Crippen LogP contribution in [0, 0.1) is 0 Å². The number of hydrogen-bond donors (Lipinski definition) is 4. The maximum atomic E-state index is 13.1. The fraction of sp³-hybridized carbons (Fsp3) is 0.686. The van der Waals surface area contributed by atoms with Crippen LogP contribution in [-0.4, -0.2) is 95.9 Å². The molecule has 0 saturated heterocycles. The van der Waals surface area contributed by atoms with Gasteiger partial charge in [-0.2, -0.15) is 0 Å². The van der Waals surface area contributed by atoms with E-state index in [0.29, 0.717) is 19.3 Å². The van der Waals surface area contributed by atoms with Crippen molar-refractivity contribution < 1.29 is 75.8 Å². The van der Waals surface area contributed by atoms with E-state index in [4.69, 9.17) is 32.3 Å². The summed E-state index contributed by atoms with van der Waals surface area (Å²) >= 11 is 0. The van der Waals surface area contributed by atoms with Gasteiger partial charge in [-0.05, 0) is 161 Å². The number of carbonyl (C=O) groups excluding carboxylic acids is 3. The maximum absolute atomic E-state index is 13.1. The van der Waals surface area contributed by atoms with Crippen LogP contribution in [-0.2, 0) is 55.8 Å². The molecule has 0 aliphatic rings. The van der Waals surface area contributed by atoms with Crippen LogP contribution in [0.1, 0.15) is 406 Å². The van der Waals surface area contributed by atoms with Gasteiger partial charge in [0, 0.05) is 19.3 Å². The standard InChI is InChI=1S/C105H178O16P2/c1-4-7-10-13-16-19-22-25-28-31-34-37-40-43-45-47-49-51-53-56-58-61-64-67-70-73-76-79-82-85-88-91-103(108)115-94-100(106)95-117-122(111,112)118-96-101(107)97-119-123(113,114)120-99-102(121-105(110)93-90-87-84-81-78-75-72-69-66-63-60-55-42-39-36-33-30-27-24-21-18-15-12-9-6-3)98-116-104(109)92-89-86-83-80-77-74-71-68-65-62-59-57-54-52-50-48-46-44-41-38-35-32-29-26-23-20-17-14-11-8-5-2/h7-8,10-11,16-21,25-30,34-39,43-46,49,51,55,60,100-102,106-107H,4-6,9,12-15,22-24,31-33,40-42,47-48,50,52-54,56-59,61-99H2,1-3H3,(H,111,112)(H,113,114)/b10-7-,11-8-,19-16-,20-17-,21-18-,28-25-,29-26-,30-27-,37-34-,38-35-,39-36-,45-43-,46-44-,51-49-,60-55-. The van der Waals surface area contributed by atoms with Crippen LogP contribution in [0.25, 0.3) is 0 Å². The molecule has 0 aromatic rings. The Morgan fingerprint density at radius 1 is 0.236 bits per heavy atom. The molecule has 5 atom stereocenters. The first-order valence-electron chi connectivity index (χ1n) is 49.1. The monoisotopic (exact) mass is 1760 g/mol. The average molecular weight is 1760 g/mol. The lowest BCUT2D eigenvalue weighted by Gasteiger charge is -2.21. The predicted molar refractivity (Wildman–Crippen MR) is 518 cm³/mol. The average Bonchev–Trinajstić information content (AvgIpc) is 0.898. The lowest BCUT2D eigenvalue weighted by molar-refractivity contribution is -0.161. The molecule has 0 radical (unpaired) electrons. The van der Waals surface area contributed by atoms with Crippen LogP contribution in [0.2, 0.25) is 0 Å². The summed E-state index contributed by atoms with van der Waals surface area (Å²) in [5, 5.41) is 20.8. The van der Waals surface area contributed by atoms with Crippen molar-refractivity contribution in [3.05, 3.63) is 182 Å². The van der Waals surface area contributed by atoms with Crippen LogP contribution in [0.3, 0.4) is 0 Å². The molecule has 0 aromatic heterocycles. The molecule has 18 heteroatoms. The molecule has 0 aliphatic heterocycles. The van der Waals surface area contributed by atoms with Gasteiger partial charge in [-0.1, -0.05) is 409 Å². The lowest BCUT2D eigenvalue weighted by Crippen LogP contribution is -2.30. The minimum atomic E-state index is -4.95. The summed E-state index contributed by atoms with van der Waals surface area (Å²) < 4.78 is 61.6. The molecule has 16 nitrogen and oxygen atoms in total. The first-order chi connectivity index (χ1) is 60.2. The van der Waals surface area contributed by atoms with E-state index in [2.05, 4.69) is 203 Å². The van der Waals surface area contributed by atoms with Crippen molar-refractivity contribution in [1.82, 2.24) is 0 Å². The van der Waals surface area contributed by atoms with E-state index in [1.54, 1.807) is 0 Å². The summed E-state index contributed by atoms with van der Waals surface area (Å²) in [7, 11) is -9.82. The summed E-state index contributed by atoms with van der Waals surface area (Å²) in [5.41, 5.74) is 0. The number of phosphoric ester groups is 2. The van der Waals surface area contributed by atoms with Crippen LogP contribution in [0.4, 0.5) is 0 Å². The number of hydrogen-bond acceptors (Lipinski definition) is 14. The van der Waals surface area contributed by atoms with Gasteiger partial charge >= 0.3 is 33.6 Å². The van der Waals surface area contributed by atoms with Crippen molar-refractivity contribution in [2.24, 2.45) is 0 Å². The molecule has 0 rings (SSSR count). The second kappa shape index (κ2) is 95.7. The van der Waals surface area contributed by atoms with Crippen molar-refractivity contribution in [1.29, 1.82) is 0 Å². The largest absolute Gasteiger partial charge is 0.472 e. The molecule has 0 aromatic carbocycles. The number of aliphatic hydroxyl groups is 2. The van der Waals surface area contributed by atoms with Gasteiger partial charge in [0.2, 0.25) is 0 Å². The fourth-order valence-corrected chi connectivity index (χ4v) is 14.8. The highest BCUT2D eigenvalue weighted by atomic mass is 31.2. The molecular formula is C105H178O16P2. The molecule has 5 unspecified atom stereocenters. The normalized spacial score (nSPS) is 14.5. The first-order valence-corrected chi connectivity index (χ1v) is 52.1. The third kappa shape index (κ3) is 97.1. The molecular weight excluding hydrogens is 1580 g/mol. The number of esters is 3. The highest BCUT2D eigenvalue weighted by Gasteiger charge is 2.30. The van der Waals surface area contributed by atoms with E-state index >= 15 is 0 Å². The number of unbranched alkanes of at least 4 members (excludes halogenated alkanes) is 39. The van der Waals surface area contributed by atoms with Gasteiger partial charge in [-0.25, -0.2) is 9.13 Å². The van der Waals surface area contributed by atoms with Crippen molar-refractivity contribution >= 4 is 33.6 Å². The number of allylic oxidation sites excluding steroid dienone is 30. The van der Waals surface area contributed by atoms with Crippen molar-refractivity contribution in [3.63, 3.8) is 0 Å². The number of phosphoric acid groups is 2. The molecule has 4 N–H and O–H groups in total. The van der Waals surface area contributed by atoms with Gasteiger partial charge in [0.25, 0.3) is 0 Å². The minimum absolute atomic E-state index is 0.0940. The highest BCUT2D eigenvalue weighted by Crippen LogP contribution is 2.45. The van der Waals surface area contributed by atoms with Gasteiger partial charge < -0.3 is 34.2 Å². The number of carbonyl (C=O) groups is 3. The van der Waals surface area contributed by atoms with Gasteiger partial charge in [0.1, 0.15) is 25.4 Å². The first kappa shape index (κ1) is 118. The van der Waals surface area contributed by atoms with Gasteiger partial charge in [-0.3, -0.25) is 32.5 Å². The minimum Gasteiger partial charge on any atom is -0.463 e. The van der Waals surface area contributed by atoms with E-state index in [-0.39, 0.29) is 19.3 Å². The Morgan fingerprint density at radius 3 is 0.683 bits per heavy atom. The lowest BCUT2D eigenvalue weighted by atomic mass is 10.0. The van der Waals surface area contributed by atoms with Crippen molar-refractivity contribution in [3.8, 4) is 0 Å². The third-order valence-corrected chi connectivity index (χ3v) is 22.5. The topological polar surface area (TPSA) is 231 Å². The van der Waals surface area contributed by atoms with Crippen LogP contribution in [0.5, 0.6) is 0 Å². The van der Waals surface area contributed by atoms with E-state index in [9.17, 15) is 43.5 Å². The van der Waals surface area contributed by atoms with E-state index < -0.39 is 91.5 Å². The second-order valence-corrected chi connectivity index (χ2v) is 35.4. The van der Waals surface area contributed by atoms with Crippen molar-refractivity contribution in [2.75, 3.05) is 39.6 Å². The smallest absolute Gasteiger partial charge is 0.463 e. The van der Waals surface area contributed by atoms with Gasteiger partial charge in [0.15, 0.2) is 6.10 Å². The molecule has 0 heterocycles. The van der Waals surface area contributed by atoms with Crippen LogP contribution >= 0.6 is 15.6 Å².